The Morgan fingerprint density at radius 2 is 1.67 bits per heavy atom. The highest BCUT2D eigenvalue weighted by Gasteiger charge is 2.21. The van der Waals surface area contributed by atoms with E-state index in [-0.39, 0.29) is 11.2 Å². The molecule has 0 spiro atoms. The summed E-state index contributed by atoms with van der Waals surface area (Å²) >= 11 is 1.57. The van der Waals surface area contributed by atoms with Crippen LogP contribution >= 0.6 is 11.8 Å². The number of rotatable bonds is 6. The van der Waals surface area contributed by atoms with Gasteiger partial charge in [-0.15, -0.1) is 11.8 Å². The first-order chi connectivity index (χ1) is 11.8. The van der Waals surface area contributed by atoms with Crippen LogP contribution in [0.4, 0.5) is 0 Å². The highest BCUT2D eigenvalue weighted by molar-refractivity contribution is 8.00. The van der Waals surface area contributed by atoms with Crippen molar-refractivity contribution in [1.82, 2.24) is 0 Å². The molecule has 0 bridgehead atoms. The Bertz CT molecular complexity index is 814. The summed E-state index contributed by atoms with van der Waals surface area (Å²) in [5.74, 6) is -0.153. The van der Waals surface area contributed by atoms with Gasteiger partial charge in [-0.3, -0.25) is 4.79 Å². The minimum Gasteiger partial charge on any atom is -0.465 e. The highest BCUT2D eigenvalue weighted by Crippen LogP contribution is 2.29. The van der Waals surface area contributed by atoms with Crippen molar-refractivity contribution in [2.45, 2.75) is 23.5 Å². The number of esters is 1. The van der Waals surface area contributed by atoms with E-state index < -0.39 is 0 Å². The topological polar surface area (TPSA) is 26.3 Å². The summed E-state index contributed by atoms with van der Waals surface area (Å²) in [6.07, 6.45) is 0.664. The predicted molar refractivity (Wildman–Crippen MR) is 100 cm³/mol. The van der Waals surface area contributed by atoms with Gasteiger partial charge in [0.25, 0.3) is 0 Å². The van der Waals surface area contributed by atoms with E-state index in [2.05, 4.69) is 30.3 Å². The van der Waals surface area contributed by atoms with Crippen LogP contribution in [0.2, 0.25) is 0 Å². The third-order valence-electron chi connectivity index (χ3n) is 3.81. The number of hydrogen-bond donors (Lipinski definition) is 0. The molecule has 122 valence electrons. The van der Waals surface area contributed by atoms with Crippen LogP contribution in [0.15, 0.2) is 77.7 Å². The number of fused-ring (bicyclic) bond motifs is 1. The number of ether oxygens (including phenoxy) is 1. The molecule has 0 amide bonds. The van der Waals surface area contributed by atoms with Crippen LogP contribution in [0.5, 0.6) is 0 Å². The molecule has 24 heavy (non-hydrogen) atoms. The van der Waals surface area contributed by atoms with Crippen molar-refractivity contribution >= 4 is 28.5 Å². The van der Waals surface area contributed by atoms with Crippen molar-refractivity contribution < 1.29 is 9.53 Å². The Morgan fingerprint density at radius 1 is 0.958 bits per heavy atom. The number of carbonyl (C=O) groups excluding carboxylic acids is 1. The average Bonchev–Trinajstić information content (AvgIpc) is 2.62. The maximum absolute atomic E-state index is 12.4. The van der Waals surface area contributed by atoms with Gasteiger partial charge in [0.2, 0.25) is 0 Å². The molecule has 3 heteroatoms. The number of carbonyl (C=O) groups is 1. The lowest BCUT2D eigenvalue weighted by Crippen LogP contribution is -2.22. The van der Waals surface area contributed by atoms with Crippen molar-refractivity contribution in [3.63, 3.8) is 0 Å². The molecular weight excluding hydrogens is 316 g/mol. The fourth-order valence-corrected chi connectivity index (χ4v) is 3.75. The third-order valence-corrected chi connectivity index (χ3v) is 4.98. The van der Waals surface area contributed by atoms with E-state index in [0.717, 1.165) is 10.5 Å². The lowest BCUT2D eigenvalue weighted by atomic mass is 10.1. The fourth-order valence-electron chi connectivity index (χ4n) is 2.64. The largest absolute Gasteiger partial charge is 0.465 e. The Kier molecular flexibility index (Phi) is 5.55. The van der Waals surface area contributed by atoms with Gasteiger partial charge in [0.05, 0.1) is 6.61 Å². The molecule has 1 unspecified atom stereocenters. The van der Waals surface area contributed by atoms with Gasteiger partial charge in [-0.25, -0.2) is 0 Å². The molecule has 0 aliphatic heterocycles. The average molecular weight is 336 g/mol. The lowest BCUT2D eigenvalue weighted by Gasteiger charge is -2.16. The maximum Gasteiger partial charge on any atom is 0.319 e. The van der Waals surface area contributed by atoms with Gasteiger partial charge < -0.3 is 4.74 Å². The van der Waals surface area contributed by atoms with E-state index in [1.54, 1.807) is 11.8 Å². The Morgan fingerprint density at radius 3 is 2.42 bits per heavy atom. The Labute approximate surface area is 146 Å². The van der Waals surface area contributed by atoms with Gasteiger partial charge in [-0.1, -0.05) is 60.7 Å². The molecule has 1 atom stereocenters. The summed E-state index contributed by atoms with van der Waals surface area (Å²) in [5.41, 5.74) is 1.14. The standard InChI is InChI=1S/C21H20O2S/c1-2-23-21(22)20(14-16-8-4-3-5-9-16)24-19-13-12-17-10-6-7-11-18(17)15-19/h3-13,15,20H,2,14H2,1H3. The lowest BCUT2D eigenvalue weighted by molar-refractivity contribution is -0.142. The Hall–Kier alpha value is -2.26. The molecule has 3 aromatic rings. The normalized spacial score (nSPS) is 12.0. The first kappa shape index (κ1) is 16.6. The molecule has 0 saturated carbocycles. The van der Waals surface area contributed by atoms with Crippen molar-refractivity contribution in [3.05, 3.63) is 78.4 Å². The Balaban J connectivity index is 1.82. The second-order valence-corrected chi connectivity index (χ2v) is 6.83. The summed E-state index contributed by atoms with van der Waals surface area (Å²) in [4.78, 5) is 13.5. The second kappa shape index (κ2) is 8.02. The number of hydrogen-bond acceptors (Lipinski definition) is 3. The van der Waals surface area contributed by atoms with Crippen molar-refractivity contribution in [2.24, 2.45) is 0 Å². The quantitative estimate of drug-likeness (QED) is 0.462. The molecule has 2 nitrogen and oxygen atoms in total. The fraction of sp³-hybridized carbons (Fsp3) is 0.190. The van der Waals surface area contributed by atoms with E-state index in [1.807, 2.05) is 49.4 Å². The van der Waals surface area contributed by atoms with Gasteiger partial charge in [-0.2, -0.15) is 0 Å². The zero-order chi connectivity index (χ0) is 16.8. The van der Waals surface area contributed by atoms with Crippen LogP contribution in [0.1, 0.15) is 12.5 Å². The van der Waals surface area contributed by atoms with Crippen LogP contribution in [0.25, 0.3) is 10.8 Å². The van der Waals surface area contributed by atoms with Gasteiger partial charge in [0, 0.05) is 4.90 Å². The molecule has 0 heterocycles. The van der Waals surface area contributed by atoms with Gasteiger partial charge in [0.1, 0.15) is 5.25 Å². The van der Waals surface area contributed by atoms with Crippen LogP contribution in [-0.2, 0) is 16.0 Å². The van der Waals surface area contributed by atoms with E-state index in [1.165, 1.54) is 10.8 Å². The summed E-state index contributed by atoms with van der Waals surface area (Å²) < 4.78 is 5.28. The molecule has 0 saturated heterocycles. The maximum atomic E-state index is 12.4. The van der Waals surface area contributed by atoms with Crippen molar-refractivity contribution in [2.75, 3.05) is 6.61 Å². The van der Waals surface area contributed by atoms with E-state index in [0.29, 0.717) is 13.0 Å². The molecule has 0 N–H and O–H groups in total. The molecule has 0 aliphatic carbocycles. The van der Waals surface area contributed by atoms with Crippen LogP contribution < -0.4 is 0 Å². The van der Waals surface area contributed by atoms with E-state index in [9.17, 15) is 4.79 Å². The van der Waals surface area contributed by atoms with Gasteiger partial charge >= 0.3 is 5.97 Å². The van der Waals surface area contributed by atoms with E-state index in [4.69, 9.17) is 4.74 Å². The molecule has 0 aliphatic rings. The van der Waals surface area contributed by atoms with Gasteiger partial charge in [-0.05, 0) is 41.8 Å². The third kappa shape index (κ3) is 4.18. The number of thioether (sulfide) groups is 1. The summed E-state index contributed by atoms with van der Waals surface area (Å²) in [7, 11) is 0. The first-order valence-corrected chi connectivity index (χ1v) is 9.00. The smallest absolute Gasteiger partial charge is 0.319 e. The van der Waals surface area contributed by atoms with Crippen LogP contribution in [-0.4, -0.2) is 17.8 Å². The monoisotopic (exact) mass is 336 g/mol. The minimum absolute atomic E-state index is 0.153. The minimum atomic E-state index is -0.242. The SMILES string of the molecule is CCOC(=O)C(Cc1ccccc1)Sc1ccc2ccccc2c1. The van der Waals surface area contributed by atoms with Crippen molar-refractivity contribution in [3.8, 4) is 0 Å². The highest BCUT2D eigenvalue weighted by atomic mass is 32.2. The predicted octanol–water partition coefficient (Wildman–Crippen LogP) is 5.11. The first-order valence-electron chi connectivity index (χ1n) is 8.12. The summed E-state index contributed by atoms with van der Waals surface area (Å²) in [6, 6.07) is 24.6. The molecule has 0 radical (unpaired) electrons. The summed E-state index contributed by atoms with van der Waals surface area (Å²) in [6.45, 7) is 2.25. The summed E-state index contributed by atoms with van der Waals surface area (Å²) in [5, 5.41) is 2.15. The number of benzene rings is 3. The molecule has 3 aromatic carbocycles. The molecule has 3 rings (SSSR count). The zero-order valence-corrected chi connectivity index (χ0v) is 14.5. The second-order valence-electron chi connectivity index (χ2n) is 5.56. The molecule has 0 aromatic heterocycles. The zero-order valence-electron chi connectivity index (χ0n) is 13.6. The van der Waals surface area contributed by atoms with Crippen LogP contribution in [0.3, 0.4) is 0 Å². The van der Waals surface area contributed by atoms with Crippen molar-refractivity contribution in [1.29, 1.82) is 0 Å². The van der Waals surface area contributed by atoms with Crippen LogP contribution in [0, 0.1) is 0 Å². The molecule has 0 fully saturated rings. The van der Waals surface area contributed by atoms with E-state index >= 15 is 0 Å². The van der Waals surface area contributed by atoms with Gasteiger partial charge in [0.15, 0.2) is 0 Å². The molecular formula is C21H20O2S.